The van der Waals surface area contributed by atoms with Gasteiger partial charge in [0.25, 0.3) is 11.8 Å². The highest BCUT2D eigenvalue weighted by molar-refractivity contribution is 6.22. The highest BCUT2D eigenvalue weighted by atomic mass is 16.6. The van der Waals surface area contributed by atoms with E-state index < -0.39 is 35.7 Å². The van der Waals surface area contributed by atoms with Crippen LogP contribution < -0.4 is 9.47 Å². The molecule has 34 heavy (non-hydrogen) atoms. The van der Waals surface area contributed by atoms with E-state index >= 15 is 0 Å². The van der Waals surface area contributed by atoms with Gasteiger partial charge in [0.2, 0.25) is 0 Å². The van der Waals surface area contributed by atoms with Crippen LogP contribution in [0.15, 0.2) is 48.0 Å². The maximum Gasteiger partial charge on any atom is 0.348 e. The molecule has 0 saturated carbocycles. The van der Waals surface area contributed by atoms with Gasteiger partial charge in [-0.2, -0.15) is 5.26 Å². The van der Waals surface area contributed by atoms with E-state index in [0.717, 1.165) is 12.0 Å². The average molecular weight is 462 g/mol. The molecule has 3 rings (SSSR count). The SMILES string of the molecule is COC(=O)/C(C#N)=C/c1ccc(OC(=O)C(C(C)C)N2C(=O)c3ccccc3C2=O)c(OC)c1. The zero-order chi connectivity index (χ0) is 25.0. The smallest absolute Gasteiger partial charge is 0.348 e. The zero-order valence-corrected chi connectivity index (χ0v) is 19.0. The molecule has 1 unspecified atom stereocenters. The van der Waals surface area contributed by atoms with Crippen molar-refractivity contribution >= 4 is 29.8 Å². The number of amides is 2. The van der Waals surface area contributed by atoms with Gasteiger partial charge in [-0.15, -0.1) is 0 Å². The Morgan fingerprint density at radius 1 is 1.00 bits per heavy atom. The zero-order valence-electron chi connectivity index (χ0n) is 19.0. The number of ether oxygens (including phenoxy) is 3. The van der Waals surface area contributed by atoms with Crippen LogP contribution in [0.2, 0.25) is 0 Å². The largest absolute Gasteiger partial charge is 0.493 e. The molecular weight excluding hydrogens is 440 g/mol. The van der Waals surface area contributed by atoms with E-state index in [4.69, 9.17) is 14.7 Å². The molecule has 1 atom stereocenters. The molecule has 1 aliphatic heterocycles. The van der Waals surface area contributed by atoms with Crippen LogP contribution in [0.4, 0.5) is 0 Å². The first-order chi connectivity index (χ1) is 16.2. The van der Waals surface area contributed by atoms with Crippen molar-refractivity contribution in [3.05, 3.63) is 64.7 Å². The molecule has 1 aliphatic rings. The molecule has 1 heterocycles. The Kier molecular flexibility index (Phi) is 7.12. The molecular formula is C25H22N2O7. The Hall–Kier alpha value is -4.45. The number of imide groups is 1. The Morgan fingerprint density at radius 2 is 1.62 bits per heavy atom. The van der Waals surface area contributed by atoms with Gasteiger partial charge in [-0.3, -0.25) is 14.5 Å². The molecule has 0 radical (unpaired) electrons. The number of carbonyl (C=O) groups excluding carboxylic acids is 4. The Balaban J connectivity index is 1.90. The van der Waals surface area contributed by atoms with Gasteiger partial charge in [-0.25, -0.2) is 9.59 Å². The van der Waals surface area contributed by atoms with E-state index in [2.05, 4.69) is 4.74 Å². The lowest BCUT2D eigenvalue weighted by Gasteiger charge is -2.27. The van der Waals surface area contributed by atoms with E-state index in [1.807, 2.05) is 0 Å². The molecule has 0 bridgehead atoms. The van der Waals surface area contributed by atoms with Gasteiger partial charge in [0.05, 0.1) is 25.3 Å². The highest BCUT2D eigenvalue weighted by Gasteiger charge is 2.45. The second-order valence-electron chi connectivity index (χ2n) is 7.71. The van der Waals surface area contributed by atoms with Crippen molar-refractivity contribution in [2.24, 2.45) is 5.92 Å². The molecule has 9 heteroatoms. The van der Waals surface area contributed by atoms with Gasteiger partial charge >= 0.3 is 11.9 Å². The normalized spacial score (nSPS) is 13.9. The number of benzene rings is 2. The second-order valence-corrected chi connectivity index (χ2v) is 7.71. The number of nitrogens with zero attached hydrogens (tertiary/aromatic N) is 2. The average Bonchev–Trinajstić information content (AvgIpc) is 3.08. The second kappa shape index (κ2) is 10.0. The number of esters is 2. The summed E-state index contributed by atoms with van der Waals surface area (Å²) in [6.45, 7) is 3.41. The van der Waals surface area contributed by atoms with Gasteiger partial charge < -0.3 is 14.2 Å². The van der Waals surface area contributed by atoms with E-state index in [9.17, 15) is 19.2 Å². The molecule has 0 N–H and O–H groups in total. The third-order valence-electron chi connectivity index (χ3n) is 5.21. The van der Waals surface area contributed by atoms with Gasteiger partial charge in [0, 0.05) is 0 Å². The van der Waals surface area contributed by atoms with Crippen LogP contribution in [0.3, 0.4) is 0 Å². The van der Waals surface area contributed by atoms with Crippen molar-refractivity contribution in [3.8, 4) is 17.6 Å². The minimum Gasteiger partial charge on any atom is -0.493 e. The Morgan fingerprint density at radius 3 is 2.12 bits per heavy atom. The first-order valence-corrected chi connectivity index (χ1v) is 10.3. The van der Waals surface area contributed by atoms with Crippen molar-refractivity contribution in [3.63, 3.8) is 0 Å². The molecule has 9 nitrogen and oxygen atoms in total. The van der Waals surface area contributed by atoms with Crippen molar-refractivity contribution in [2.45, 2.75) is 19.9 Å². The Labute approximate surface area is 196 Å². The first kappa shape index (κ1) is 24.2. The molecule has 0 fully saturated rings. The summed E-state index contributed by atoms with van der Waals surface area (Å²) in [4.78, 5) is 51.5. The first-order valence-electron chi connectivity index (χ1n) is 10.3. The van der Waals surface area contributed by atoms with E-state index in [-0.39, 0.29) is 28.2 Å². The topological polar surface area (TPSA) is 123 Å². The summed E-state index contributed by atoms with van der Waals surface area (Å²) in [5.74, 6) is -2.96. The van der Waals surface area contributed by atoms with E-state index in [1.165, 1.54) is 43.5 Å². The van der Waals surface area contributed by atoms with Crippen molar-refractivity contribution < 1.29 is 33.4 Å². The van der Waals surface area contributed by atoms with Crippen molar-refractivity contribution in [1.29, 1.82) is 5.26 Å². The molecule has 2 aromatic carbocycles. The molecule has 2 aromatic rings. The van der Waals surface area contributed by atoms with Gasteiger partial charge in [-0.1, -0.05) is 32.0 Å². The van der Waals surface area contributed by atoms with E-state index in [1.54, 1.807) is 32.0 Å². The molecule has 2 amide bonds. The summed E-state index contributed by atoms with van der Waals surface area (Å²) in [5.41, 5.74) is 0.677. The summed E-state index contributed by atoms with van der Waals surface area (Å²) in [7, 11) is 2.52. The molecule has 174 valence electrons. The third kappa shape index (κ3) is 4.52. The molecule has 0 aliphatic carbocycles. The quantitative estimate of drug-likeness (QED) is 0.202. The predicted octanol–water partition coefficient (Wildman–Crippen LogP) is 3.00. The fourth-order valence-corrected chi connectivity index (χ4v) is 3.58. The summed E-state index contributed by atoms with van der Waals surface area (Å²) < 4.78 is 15.4. The summed E-state index contributed by atoms with van der Waals surface area (Å²) in [6.07, 6.45) is 1.30. The number of hydrogen-bond acceptors (Lipinski definition) is 8. The van der Waals surface area contributed by atoms with Crippen LogP contribution >= 0.6 is 0 Å². The van der Waals surface area contributed by atoms with Crippen LogP contribution in [0.5, 0.6) is 11.5 Å². The van der Waals surface area contributed by atoms with Crippen LogP contribution in [-0.2, 0) is 14.3 Å². The van der Waals surface area contributed by atoms with Crippen LogP contribution in [0, 0.1) is 17.2 Å². The lowest BCUT2D eigenvalue weighted by molar-refractivity contribution is -0.140. The number of rotatable bonds is 7. The monoisotopic (exact) mass is 462 g/mol. The number of fused-ring (bicyclic) bond motifs is 1. The standard InChI is InChI=1S/C25H22N2O7/c1-14(2)21(27-22(28)17-7-5-6-8-18(17)23(27)29)25(31)34-19-10-9-15(12-20(19)32-3)11-16(13-26)24(30)33-4/h5-12,14,21H,1-4H3/b16-11+. The van der Waals surface area contributed by atoms with E-state index in [0.29, 0.717) is 5.56 Å². The molecule has 0 aromatic heterocycles. The number of nitriles is 1. The fraction of sp³-hybridized carbons (Fsp3) is 0.240. The van der Waals surface area contributed by atoms with Crippen molar-refractivity contribution in [2.75, 3.05) is 14.2 Å². The molecule has 0 saturated heterocycles. The Bertz CT molecular complexity index is 1210. The van der Waals surface area contributed by atoms with Crippen LogP contribution in [0.1, 0.15) is 40.1 Å². The van der Waals surface area contributed by atoms with Gasteiger partial charge in [0.15, 0.2) is 11.5 Å². The van der Waals surface area contributed by atoms with Crippen LogP contribution in [-0.4, -0.2) is 48.9 Å². The van der Waals surface area contributed by atoms with Gasteiger partial charge in [-0.05, 0) is 41.8 Å². The third-order valence-corrected chi connectivity index (χ3v) is 5.21. The minimum atomic E-state index is -1.17. The lowest BCUT2D eigenvalue weighted by Crippen LogP contribution is -2.49. The summed E-state index contributed by atoms with van der Waals surface area (Å²) >= 11 is 0. The van der Waals surface area contributed by atoms with Crippen molar-refractivity contribution in [1.82, 2.24) is 4.90 Å². The molecule has 0 spiro atoms. The predicted molar refractivity (Wildman–Crippen MR) is 120 cm³/mol. The van der Waals surface area contributed by atoms with Gasteiger partial charge in [0.1, 0.15) is 17.7 Å². The number of hydrogen-bond donors (Lipinski definition) is 0. The van der Waals surface area contributed by atoms with Crippen LogP contribution in [0.25, 0.3) is 6.08 Å². The summed E-state index contributed by atoms with van der Waals surface area (Å²) in [6, 6.07) is 11.4. The lowest BCUT2D eigenvalue weighted by atomic mass is 10.0. The maximum absolute atomic E-state index is 13.1. The maximum atomic E-state index is 13.1. The fourth-order valence-electron chi connectivity index (χ4n) is 3.58. The summed E-state index contributed by atoms with van der Waals surface area (Å²) in [5, 5.41) is 9.13. The minimum absolute atomic E-state index is 0.0449. The number of methoxy groups -OCH3 is 2. The highest BCUT2D eigenvalue weighted by Crippen LogP contribution is 2.32. The number of carbonyl (C=O) groups is 4.